The lowest BCUT2D eigenvalue weighted by Crippen LogP contribution is -2.00. The van der Waals surface area contributed by atoms with Crippen molar-refractivity contribution in [3.63, 3.8) is 0 Å². The molecule has 0 radical (unpaired) electrons. The highest BCUT2D eigenvalue weighted by Gasteiger charge is 2.08. The summed E-state index contributed by atoms with van der Waals surface area (Å²) in [6.45, 7) is 0.201. The summed E-state index contributed by atoms with van der Waals surface area (Å²) in [4.78, 5) is 27.0. The van der Waals surface area contributed by atoms with Gasteiger partial charge in [-0.2, -0.15) is 0 Å². The molecule has 0 aliphatic rings. The normalized spacial score (nSPS) is 10.9. The van der Waals surface area contributed by atoms with Gasteiger partial charge in [-0.05, 0) is 60.2 Å². The number of hydrogen-bond acceptors (Lipinski definition) is 6. The minimum atomic E-state index is -0.460. The van der Waals surface area contributed by atoms with E-state index < -0.39 is 4.92 Å². The smallest absolute Gasteiger partial charge is 0.269 e. The molecule has 4 rings (SSSR count). The molecular formula is C26H21N3O5. The summed E-state index contributed by atoms with van der Waals surface area (Å²) >= 11 is 0. The van der Waals surface area contributed by atoms with Crippen molar-refractivity contribution in [3.05, 3.63) is 118 Å². The maximum Gasteiger partial charge on any atom is 0.269 e. The van der Waals surface area contributed by atoms with Crippen molar-refractivity contribution < 1.29 is 19.2 Å². The molecule has 8 nitrogen and oxygen atoms in total. The molecule has 0 saturated carbocycles. The van der Waals surface area contributed by atoms with E-state index in [1.165, 1.54) is 18.2 Å². The third-order valence-electron chi connectivity index (χ3n) is 5.13. The lowest BCUT2D eigenvalue weighted by Gasteiger charge is -2.11. The van der Waals surface area contributed by atoms with E-state index in [1.54, 1.807) is 56.0 Å². The van der Waals surface area contributed by atoms with Gasteiger partial charge in [0.2, 0.25) is 0 Å². The van der Waals surface area contributed by atoms with E-state index in [4.69, 9.17) is 9.47 Å². The molecule has 8 heteroatoms. The van der Waals surface area contributed by atoms with Crippen molar-refractivity contribution in [1.82, 2.24) is 9.55 Å². The van der Waals surface area contributed by atoms with E-state index in [-0.39, 0.29) is 18.1 Å². The highest BCUT2D eigenvalue weighted by Crippen LogP contribution is 2.24. The molecule has 170 valence electrons. The molecule has 0 bridgehead atoms. The number of nitro benzene ring substituents is 1. The molecule has 0 amide bonds. The fraction of sp³-hybridized carbons (Fsp3) is 0.0769. The van der Waals surface area contributed by atoms with Gasteiger partial charge in [0, 0.05) is 41.3 Å². The van der Waals surface area contributed by atoms with Crippen molar-refractivity contribution in [2.45, 2.75) is 6.61 Å². The number of methoxy groups -OCH3 is 1. The number of allylic oxidation sites excluding steroid dienone is 1. The Morgan fingerprint density at radius 3 is 2.50 bits per heavy atom. The molecule has 1 aromatic heterocycles. The van der Waals surface area contributed by atoms with Crippen LogP contribution < -0.4 is 9.47 Å². The zero-order chi connectivity index (χ0) is 23.9. The molecule has 0 aliphatic carbocycles. The van der Waals surface area contributed by atoms with Crippen LogP contribution in [0.2, 0.25) is 0 Å². The van der Waals surface area contributed by atoms with Crippen LogP contribution in [0.5, 0.6) is 11.5 Å². The molecule has 1 heterocycles. The Kier molecular flexibility index (Phi) is 6.78. The van der Waals surface area contributed by atoms with Crippen LogP contribution in [0.3, 0.4) is 0 Å². The predicted molar refractivity (Wildman–Crippen MR) is 127 cm³/mol. The highest BCUT2D eigenvalue weighted by atomic mass is 16.6. The van der Waals surface area contributed by atoms with Crippen LogP contribution >= 0.6 is 0 Å². The van der Waals surface area contributed by atoms with Crippen LogP contribution in [0.25, 0.3) is 11.8 Å². The maximum absolute atomic E-state index is 12.6. The quantitative estimate of drug-likeness (QED) is 0.148. The van der Waals surface area contributed by atoms with Crippen molar-refractivity contribution in [3.8, 4) is 17.2 Å². The Hall–Kier alpha value is -4.72. The summed E-state index contributed by atoms with van der Waals surface area (Å²) < 4.78 is 13.0. The molecule has 0 atom stereocenters. The van der Waals surface area contributed by atoms with Gasteiger partial charge in [-0.3, -0.25) is 14.9 Å². The monoisotopic (exact) mass is 455 g/mol. The minimum absolute atomic E-state index is 0.00176. The van der Waals surface area contributed by atoms with Crippen LogP contribution in [-0.4, -0.2) is 27.4 Å². The number of benzene rings is 3. The number of rotatable bonds is 9. The first-order chi connectivity index (χ1) is 16.5. The number of carbonyl (C=O) groups is 1. The van der Waals surface area contributed by atoms with Gasteiger partial charge >= 0.3 is 0 Å². The molecule has 0 unspecified atom stereocenters. The van der Waals surface area contributed by atoms with Crippen molar-refractivity contribution >= 4 is 17.5 Å². The van der Waals surface area contributed by atoms with Crippen LogP contribution in [-0.2, 0) is 6.61 Å². The van der Waals surface area contributed by atoms with Gasteiger partial charge in [0.15, 0.2) is 5.78 Å². The first-order valence-corrected chi connectivity index (χ1v) is 10.4. The first kappa shape index (κ1) is 22.5. The van der Waals surface area contributed by atoms with E-state index >= 15 is 0 Å². The van der Waals surface area contributed by atoms with Gasteiger partial charge in [-0.15, -0.1) is 0 Å². The van der Waals surface area contributed by atoms with Gasteiger partial charge < -0.3 is 14.0 Å². The van der Waals surface area contributed by atoms with E-state index in [0.717, 1.165) is 16.8 Å². The number of hydrogen-bond donors (Lipinski definition) is 0. The second-order valence-electron chi connectivity index (χ2n) is 7.33. The van der Waals surface area contributed by atoms with Crippen LogP contribution in [0.15, 0.2) is 91.5 Å². The molecule has 0 saturated heterocycles. The van der Waals surface area contributed by atoms with Gasteiger partial charge in [0.05, 0.1) is 18.4 Å². The number of nitro groups is 1. The maximum atomic E-state index is 12.6. The highest BCUT2D eigenvalue weighted by molar-refractivity contribution is 6.06. The van der Waals surface area contributed by atoms with Crippen LogP contribution in [0.4, 0.5) is 5.69 Å². The molecule has 4 aromatic rings. The summed E-state index contributed by atoms with van der Waals surface area (Å²) in [6.07, 6.45) is 8.49. The third-order valence-corrected chi connectivity index (χ3v) is 5.13. The molecule has 0 N–H and O–H groups in total. The van der Waals surface area contributed by atoms with Gasteiger partial charge in [0.1, 0.15) is 18.1 Å². The van der Waals surface area contributed by atoms with Crippen molar-refractivity contribution in [2.75, 3.05) is 7.11 Å². The number of aromatic nitrogens is 2. The summed E-state index contributed by atoms with van der Waals surface area (Å²) in [5.74, 6) is 1.03. The number of ether oxygens (including phenoxy) is 2. The molecule has 0 aliphatic heterocycles. The second kappa shape index (κ2) is 10.3. The lowest BCUT2D eigenvalue weighted by molar-refractivity contribution is -0.384. The van der Waals surface area contributed by atoms with Crippen molar-refractivity contribution in [1.29, 1.82) is 0 Å². The van der Waals surface area contributed by atoms with Gasteiger partial charge in [0.25, 0.3) is 5.69 Å². The Morgan fingerprint density at radius 2 is 1.85 bits per heavy atom. The standard InChI is InChI=1S/C26H21N3O5/c1-33-26-13-3-19(16-21(26)17-34-24-10-8-23(9-11-24)29(31)32)2-12-25(30)20-4-6-22(7-5-20)28-15-14-27-18-28/h2-16,18H,17H2,1H3/b12-2+. The topological polar surface area (TPSA) is 96.5 Å². The summed E-state index contributed by atoms with van der Waals surface area (Å²) in [5.41, 5.74) is 3.09. The summed E-state index contributed by atoms with van der Waals surface area (Å²) in [7, 11) is 1.57. The van der Waals surface area contributed by atoms with Crippen molar-refractivity contribution in [2.24, 2.45) is 0 Å². The van der Waals surface area contributed by atoms with E-state index in [9.17, 15) is 14.9 Å². The van der Waals surface area contributed by atoms with E-state index in [2.05, 4.69) is 4.98 Å². The first-order valence-electron chi connectivity index (χ1n) is 10.4. The third kappa shape index (κ3) is 5.36. The number of imidazole rings is 1. The predicted octanol–water partition coefficient (Wildman–Crippen LogP) is 5.26. The summed E-state index contributed by atoms with van der Waals surface area (Å²) in [5, 5.41) is 10.8. The van der Waals surface area contributed by atoms with Gasteiger partial charge in [-0.1, -0.05) is 12.1 Å². The number of nitrogens with zero attached hydrogens (tertiary/aromatic N) is 3. The Labute approximate surface area is 195 Å². The number of ketones is 1. The fourth-order valence-electron chi connectivity index (χ4n) is 3.32. The Bertz CT molecular complexity index is 1310. The summed E-state index contributed by atoms with van der Waals surface area (Å²) in [6, 6.07) is 18.7. The van der Waals surface area contributed by atoms with Crippen LogP contribution in [0, 0.1) is 10.1 Å². The minimum Gasteiger partial charge on any atom is -0.496 e. The van der Waals surface area contributed by atoms with Crippen LogP contribution in [0.1, 0.15) is 21.5 Å². The van der Waals surface area contributed by atoms with E-state index in [1.807, 2.05) is 35.0 Å². The molecule has 3 aromatic carbocycles. The molecule has 0 spiro atoms. The zero-order valence-electron chi connectivity index (χ0n) is 18.3. The second-order valence-corrected chi connectivity index (χ2v) is 7.33. The molecular weight excluding hydrogens is 434 g/mol. The Morgan fingerprint density at radius 1 is 1.09 bits per heavy atom. The average molecular weight is 455 g/mol. The van der Waals surface area contributed by atoms with E-state index in [0.29, 0.717) is 17.1 Å². The number of non-ortho nitro benzene ring substituents is 1. The molecule has 34 heavy (non-hydrogen) atoms. The SMILES string of the molecule is COc1ccc(/C=C/C(=O)c2ccc(-n3ccnc3)cc2)cc1COc1ccc([N+](=O)[O-])cc1. The largest absolute Gasteiger partial charge is 0.496 e. The molecule has 0 fully saturated rings. The lowest BCUT2D eigenvalue weighted by atomic mass is 10.1. The van der Waals surface area contributed by atoms with Gasteiger partial charge in [-0.25, -0.2) is 4.98 Å². The average Bonchev–Trinajstić information content (AvgIpc) is 3.41. The number of carbonyl (C=O) groups excluding carboxylic acids is 1. The fourth-order valence-corrected chi connectivity index (χ4v) is 3.32. The zero-order valence-corrected chi connectivity index (χ0v) is 18.3. The Balaban J connectivity index is 1.44.